The van der Waals surface area contributed by atoms with Gasteiger partial charge in [-0.3, -0.25) is 4.79 Å². The number of aliphatic carboxylic acids is 1. The third kappa shape index (κ3) is 5.04. The zero-order valence-corrected chi connectivity index (χ0v) is 13.1. The molecule has 1 aromatic rings. The zero-order chi connectivity index (χ0) is 15.2. The van der Waals surface area contributed by atoms with Crippen molar-refractivity contribution in [3.63, 3.8) is 0 Å². The van der Waals surface area contributed by atoms with Crippen molar-refractivity contribution in [1.29, 1.82) is 0 Å². The summed E-state index contributed by atoms with van der Waals surface area (Å²) in [6, 6.07) is 2.14. The number of amides is 2. The second-order valence-corrected chi connectivity index (χ2v) is 6.50. The number of carbonyl (C=O) groups excluding carboxylic acids is 1. The summed E-state index contributed by atoms with van der Waals surface area (Å²) in [5, 5.41) is 15.9. The maximum absolute atomic E-state index is 12.2. The number of carboxylic acid groups (broad SMARTS) is 1. The highest BCUT2D eigenvalue weighted by atomic mass is 32.1. The van der Waals surface area contributed by atoms with Crippen LogP contribution in [-0.2, 0) is 11.2 Å². The van der Waals surface area contributed by atoms with Gasteiger partial charge >= 0.3 is 12.0 Å². The Morgan fingerprint density at radius 1 is 1.57 bits per heavy atom. The molecule has 2 N–H and O–H groups in total. The molecule has 2 rings (SSSR count). The summed E-state index contributed by atoms with van der Waals surface area (Å²) in [5.41, 5.74) is 1.24. The molecule has 0 aliphatic carbocycles. The lowest BCUT2D eigenvalue weighted by atomic mass is 10.0. The highest BCUT2D eigenvalue weighted by molar-refractivity contribution is 7.07. The first-order valence-electron chi connectivity index (χ1n) is 7.33. The van der Waals surface area contributed by atoms with Gasteiger partial charge in [0.2, 0.25) is 0 Å². The number of urea groups is 1. The van der Waals surface area contributed by atoms with Crippen LogP contribution in [0.1, 0.15) is 31.7 Å². The maximum Gasteiger partial charge on any atom is 0.317 e. The van der Waals surface area contributed by atoms with E-state index in [1.54, 1.807) is 16.2 Å². The molecule has 116 valence electrons. The van der Waals surface area contributed by atoms with E-state index in [2.05, 4.69) is 16.8 Å². The summed E-state index contributed by atoms with van der Waals surface area (Å²) < 4.78 is 0. The Morgan fingerprint density at radius 3 is 3.05 bits per heavy atom. The Morgan fingerprint density at radius 2 is 2.38 bits per heavy atom. The SMILES string of the molecule is CC(Cc1ccsc1)NC(=O)N1CCC(CCC(=O)O)C1. The highest BCUT2D eigenvalue weighted by Crippen LogP contribution is 2.21. The normalized spacial score (nSPS) is 19.5. The van der Waals surface area contributed by atoms with Crippen LogP contribution in [-0.4, -0.2) is 41.1 Å². The van der Waals surface area contributed by atoms with Gasteiger partial charge in [0.1, 0.15) is 0 Å². The molecule has 2 atom stereocenters. The minimum Gasteiger partial charge on any atom is -0.481 e. The van der Waals surface area contributed by atoms with E-state index in [-0.39, 0.29) is 18.5 Å². The number of nitrogens with zero attached hydrogens (tertiary/aromatic N) is 1. The van der Waals surface area contributed by atoms with E-state index in [0.29, 0.717) is 18.9 Å². The topological polar surface area (TPSA) is 69.6 Å². The summed E-state index contributed by atoms with van der Waals surface area (Å²) in [4.78, 5) is 24.5. The van der Waals surface area contributed by atoms with Crippen molar-refractivity contribution in [2.75, 3.05) is 13.1 Å². The van der Waals surface area contributed by atoms with Crippen molar-refractivity contribution in [1.82, 2.24) is 10.2 Å². The number of likely N-dealkylation sites (tertiary alicyclic amines) is 1. The van der Waals surface area contributed by atoms with Gasteiger partial charge in [-0.05, 0) is 54.5 Å². The summed E-state index contributed by atoms with van der Waals surface area (Å²) in [5.74, 6) is -0.443. The van der Waals surface area contributed by atoms with E-state index >= 15 is 0 Å². The fraction of sp³-hybridized carbons (Fsp3) is 0.600. The quantitative estimate of drug-likeness (QED) is 0.848. The van der Waals surface area contributed by atoms with E-state index in [9.17, 15) is 9.59 Å². The Bertz CT molecular complexity index is 475. The lowest BCUT2D eigenvalue weighted by Gasteiger charge is -2.21. The van der Waals surface area contributed by atoms with Gasteiger partial charge in [0.05, 0.1) is 0 Å². The maximum atomic E-state index is 12.2. The van der Waals surface area contributed by atoms with Crippen molar-refractivity contribution in [3.05, 3.63) is 22.4 Å². The number of hydrogen-bond donors (Lipinski definition) is 2. The molecule has 1 aliphatic rings. The van der Waals surface area contributed by atoms with E-state index in [4.69, 9.17) is 5.11 Å². The number of hydrogen-bond acceptors (Lipinski definition) is 3. The summed E-state index contributed by atoms with van der Waals surface area (Å²) >= 11 is 1.66. The molecule has 0 saturated carbocycles. The molecule has 21 heavy (non-hydrogen) atoms. The fourth-order valence-corrected chi connectivity index (χ4v) is 3.38. The van der Waals surface area contributed by atoms with Gasteiger partial charge in [-0.1, -0.05) is 0 Å². The van der Waals surface area contributed by atoms with Crippen LogP contribution in [0.3, 0.4) is 0 Å². The van der Waals surface area contributed by atoms with Gasteiger partial charge in [-0.25, -0.2) is 4.79 Å². The summed E-state index contributed by atoms with van der Waals surface area (Å²) in [7, 11) is 0. The van der Waals surface area contributed by atoms with Crippen LogP contribution in [0.5, 0.6) is 0 Å². The predicted octanol–water partition coefficient (Wildman–Crippen LogP) is 2.58. The van der Waals surface area contributed by atoms with Crippen LogP contribution in [0.2, 0.25) is 0 Å². The molecule has 2 amide bonds. The Labute approximate surface area is 129 Å². The van der Waals surface area contributed by atoms with E-state index < -0.39 is 5.97 Å². The predicted molar refractivity (Wildman–Crippen MR) is 82.6 cm³/mol. The van der Waals surface area contributed by atoms with Crippen molar-refractivity contribution in [3.8, 4) is 0 Å². The summed E-state index contributed by atoms with van der Waals surface area (Å²) in [6.45, 7) is 3.40. The Kier molecular flexibility index (Phi) is 5.61. The van der Waals surface area contributed by atoms with Crippen LogP contribution in [0.15, 0.2) is 16.8 Å². The number of rotatable bonds is 6. The molecule has 1 aliphatic heterocycles. The smallest absolute Gasteiger partial charge is 0.317 e. The molecule has 0 spiro atoms. The Hall–Kier alpha value is -1.56. The first-order chi connectivity index (χ1) is 10.0. The third-order valence-electron chi connectivity index (χ3n) is 3.83. The first-order valence-corrected chi connectivity index (χ1v) is 8.27. The Balaban J connectivity index is 1.72. The highest BCUT2D eigenvalue weighted by Gasteiger charge is 2.27. The molecular formula is C15H22N2O3S. The average Bonchev–Trinajstić information content (AvgIpc) is 3.06. The van der Waals surface area contributed by atoms with Gasteiger partial charge in [-0.15, -0.1) is 0 Å². The van der Waals surface area contributed by atoms with Gasteiger partial charge in [0.25, 0.3) is 0 Å². The van der Waals surface area contributed by atoms with Crippen molar-refractivity contribution in [2.24, 2.45) is 5.92 Å². The van der Waals surface area contributed by atoms with Crippen LogP contribution >= 0.6 is 11.3 Å². The molecular weight excluding hydrogens is 288 g/mol. The minimum atomic E-state index is -0.762. The molecule has 1 saturated heterocycles. The van der Waals surface area contributed by atoms with Gasteiger partial charge in [-0.2, -0.15) is 11.3 Å². The molecule has 2 unspecified atom stereocenters. The third-order valence-corrected chi connectivity index (χ3v) is 4.56. The average molecular weight is 310 g/mol. The molecule has 2 heterocycles. The fourth-order valence-electron chi connectivity index (χ4n) is 2.70. The lowest BCUT2D eigenvalue weighted by molar-refractivity contribution is -0.137. The first kappa shape index (κ1) is 15.8. The monoisotopic (exact) mass is 310 g/mol. The zero-order valence-electron chi connectivity index (χ0n) is 12.2. The van der Waals surface area contributed by atoms with Gasteiger partial charge in [0, 0.05) is 25.6 Å². The van der Waals surface area contributed by atoms with Gasteiger partial charge in [0.15, 0.2) is 0 Å². The van der Waals surface area contributed by atoms with Crippen LogP contribution in [0.25, 0.3) is 0 Å². The standard InChI is InChI=1S/C15H22N2O3S/c1-11(8-13-5-7-21-10-13)16-15(20)17-6-4-12(9-17)2-3-14(18)19/h5,7,10-12H,2-4,6,8-9H2,1H3,(H,16,20)(H,18,19). The second kappa shape index (κ2) is 7.45. The van der Waals surface area contributed by atoms with Crippen LogP contribution in [0.4, 0.5) is 4.79 Å². The van der Waals surface area contributed by atoms with Crippen molar-refractivity contribution in [2.45, 2.75) is 38.6 Å². The number of carboxylic acids is 1. The van der Waals surface area contributed by atoms with E-state index in [0.717, 1.165) is 19.4 Å². The van der Waals surface area contributed by atoms with Crippen molar-refractivity contribution >= 4 is 23.3 Å². The van der Waals surface area contributed by atoms with E-state index in [1.165, 1.54) is 5.56 Å². The van der Waals surface area contributed by atoms with Gasteiger partial charge < -0.3 is 15.3 Å². The molecule has 6 heteroatoms. The molecule has 0 bridgehead atoms. The minimum absolute atomic E-state index is 0.0319. The second-order valence-electron chi connectivity index (χ2n) is 5.72. The molecule has 1 fully saturated rings. The number of carbonyl (C=O) groups is 2. The van der Waals surface area contributed by atoms with Crippen LogP contribution in [0, 0.1) is 5.92 Å². The number of thiophene rings is 1. The largest absolute Gasteiger partial charge is 0.481 e. The van der Waals surface area contributed by atoms with Crippen LogP contribution < -0.4 is 5.32 Å². The molecule has 5 nitrogen and oxygen atoms in total. The molecule has 0 radical (unpaired) electrons. The lowest BCUT2D eigenvalue weighted by Crippen LogP contribution is -2.43. The van der Waals surface area contributed by atoms with E-state index in [1.807, 2.05) is 12.3 Å². The van der Waals surface area contributed by atoms with Crippen molar-refractivity contribution < 1.29 is 14.7 Å². The molecule has 0 aromatic carbocycles. The molecule has 1 aromatic heterocycles. The number of nitrogens with one attached hydrogen (secondary N) is 1. The summed E-state index contributed by atoms with van der Waals surface area (Å²) in [6.07, 6.45) is 2.59.